The van der Waals surface area contributed by atoms with Crippen LogP contribution in [0.25, 0.3) is 6.08 Å². The largest absolute Gasteiger partial charge is 0.433 e. The molecule has 1 aromatic rings. The molecule has 0 saturated carbocycles. The van der Waals surface area contributed by atoms with Gasteiger partial charge in [0.15, 0.2) is 0 Å². The number of imide groups is 1. The Kier molecular flexibility index (Phi) is 3.54. The van der Waals surface area contributed by atoms with Gasteiger partial charge >= 0.3 is 6.18 Å². The first-order chi connectivity index (χ1) is 9.70. The summed E-state index contributed by atoms with van der Waals surface area (Å²) in [5.41, 5.74) is -2.16. The van der Waals surface area contributed by atoms with Gasteiger partial charge in [0.2, 0.25) is 11.8 Å². The van der Waals surface area contributed by atoms with E-state index in [1.54, 1.807) is 0 Å². The fraction of sp³-hybridized carbons (Fsp3) is 0.273. The number of carbonyl (C=O) groups is 3. The molecule has 0 spiro atoms. The van der Waals surface area contributed by atoms with Gasteiger partial charge in [-0.15, -0.1) is 0 Å². The lowest BCUT2D eigenvalue weighted by molar-refractivity contribution is -0.147. The first kappa shape index (κ1) is 14.8. The SMILES string of the molecule is CC(=O)N1CC(=O)NC(=Cc2nc[nH]c2C(F)(F)F)C1=O. The van der Waals surface area contributed by atoms with Gasteiger partial charge in [-0.1, -0.05) is 0 Å². The number of amides is 3. The highest BCUT2D eigenvalue weighted by Crippen LogP contribution is 2.30. The Balaban J connectivity index is 2.41. The van der Waals surface area contributed by atoms with E-state index in [1.165, 1.54) is 0 Å². The van der Waals surface area contributed by atoms with Gasteiger partial charge in [0.05, 0.1) is 12.0 Å². The maximum Gasteiger partial charge on any atom is 0.433 e. The van der Waals surface area contributed by atoms with Crippen LogP contribution < -0.4 is 5.32 Å². The highest BCUT2D eigenvalue weighted by atomic mass is 19.4. The van der Waals surface area contributed by atoms with Gasteiger partial charge in [-0.2, -0.15) is 13.2 Å². The van der Waals surface area contributed by atoms with Gasteiger partial charge in [-0.25, -0.2) is 4.98 Å². The standard InChI is InChI=1S/C11H9F3N4O3/c1-5(19)18-3-8(20)17-7(10(18)21)2-6-9(11(12,13)14)16-4-15-6/h2,4H,3H2,1H3,(H,15,16)(H,17,20). The van der Waals surface area contributed by atoms with Crippen LogP contribution >= 0.6 is 0 Å². The molecule has 112 valence electrons. The number of hydrogen-bond acceptors (Lipinski definition) is 4. The van der Waals surface area contributed by atoms with Crippen molar-refractivity contribution in [2.45, 2.75) is 13.1 Å². The van der Waals surface area contributed by atoms with Crippen LogP contribution in [0.4, 0.5) is 13.2 Å². The number of nitrogens with zero attached hydrogens (tertiary/aromatic N) is 2. The maximum absolute atomic E-state index is 12.7. The Morgan fingerprint density at radius 2 is 2.10 bits per heavy atom. The van der Waals surface area contributed by atoms with E-state index in [9.17, 15) is 27.6 Å². The number of nitrogens with one attached hydrogen (secondary N) is 2. The quantitative estimate of drug-likeness (QED) is 0.728. The first-order valence-electron chi connectivity index (χ1n) is 5.64. The summed E-state index contributed by atoms with van der Waals surface area (Å²) in [5, 5.41) is 2.13. The molecule has 3 amide bonds. The normalized spacial score (nSPS) is 18.1. The molecule has 0 unspecified atom stereocenters. The molecule has 0 aliphatic carbocycles. The van der Waals surface area contributed by atoms with Crippen molar-refractivity contribution in [3.05, 3.63) is 23.4 Å². The van der Waals surface area contributed by atoms with Crippen LogP contribution in [0, 0.1) is 0 Å². The topological polar surface area (TPSA) is 95.2 Å². The highest BCUT2D eigenvalue weighted by Gasteiger charge is 2.36. The van der Waals surface area contributed by atoms with Crippen LogP contribution in [0.5, 0.6) is 0 Å². The summed E-state index contributed by atoms with van der Waals surface area (Å²) in [6.07, 6.45) is -3.10. The van der Waals surface area contributed by atoms with E-state index >= 15 is 0 Å². The summed E-state index contributed by atoms with van der Waals surface area (Å²) in [4.78, 5) is 40.5. The Hall–Kier alpha value is -2.65. The van der Waals surface area contributed by atoms with E-state index in [0.717, 1.165) is 19.3 Å². The van der Waals surface area contributed by atoms with Crippen molar-refractivity contribution in [3.8, 4) is 0 Å². The third-order valence-electron chi connectivity index (χ3n) is 2.66. The van der Waals surface area contributed by atoms with Gasteiger partial charge in [-0.3, -0.25) is 19.3 Å². The fourth-order valence-electron chi connectivity index (χ4n) is 1.73. The number of imidazole rings is 1. The molecule has 0 radical (unpaired) electrons. The molecule has 0 aromatic carbocycles. The second-order valence-corrected chi connectivity index (χ2v) is 4.18. The highest BCUT2D eigenvalue weighted by molar-refractivity contribution is 6.12. The van der Waals surface area contributed by atoms with Gasteiger partial charge in [0, 0.05) is 6.92 Å². The summed E-state index contributed by atoms with van der Waals surface area (Å²) in [6, 6.07) is 0. The lowest BCUT2D eigenvalue weighted by Crippen LogP contribution is -2.51. The fourth-order valence-corrected chi connectivity index (χ4v) is 1.73. The number of rotatable bonds is 1. The molecule has 2 N–H and O–H groups in total. The smallest absolute Gasteiger partial charge is 0.341 e. The number of piperazine rings is 1. The van der Waals surface area contributed by atoms with Gasteiger partial charge in [0.25, 0.3) is 5.91 Å². The zero-order valence-corrected chi connectivity index (χ0v) is 10.6. The third-order valence-corrected chi connectivity index (χ3v) is 2.66. The summed E-state index contributed by atoms with van der Waals surface area (Å²) in [6.45, 7) is 0.599. The van der Waals surface area contributed by atoms with Crippen molar-refractivity contribution in [3.63, 3.8) is 0 Å². The molecule has 0 atom stereocenters. The number of halogens is 3. The zero-order chi connectivity index (χ0) is 15.8. The average molecular weight is 302 g/mol. The minimum absolute atomic E-state index is 0.445. The summed E-state index contributed by atoms with van der Waals surface area (Å²) in [7, 11) is 0. The molecule has 2 heterocycles. The average Bonchev–Trinajstić information content (AvgIpc) is 2.81. The molecule has 1 saturated heterocycles. The molecule has 1 aliphatic rings. The number of H-pyrrole nitrogens is 1. The van der Waals surface area contributed by atoms with E-state index in [4.69, 9.17) is 0 Å². The lowest BCUT2D eigenvalue weighted by atomic mass is 10.2. The maximum atomic E-state index is 12.7. The minimum Gasteiger partial charge on any atom is -0.341 e. The molecule has 1 fully saturated rings. The molecule has 10 heteroatoms. The molecule has 0 bridgehead atoms. The number of carbonyl (C=O) groups excluding carboxylic acids is 3. The van der Waals surface area contributed by atoms with Crippen LogP contribution in [0.3, 0.4) is 0 Å². The van der Waals surface area contributed by atoms with Crippen molar-refractivity contribution >= 4 is 23.8 Å². The molecule has 7 nitrogen and oxygen atoms in total. The van der Waals surface area contributed by atoms with Crippen molar-refractivity contribution < 1.29 is 27.6 Å². The van der Waals surface area contributed by atoms with Gasteiger partial charge < -0.3 is 10.3 Å². The Morgan fingerprint density at radius 1 is 1.43 bits per heavy atom. The van der Waals surface area contributed by atoms with Crippen LogP contribution in [0.2, 0.25) is 0 Å². The van der Waals surface area contributed by atoms with E-state index < -0.39 is 47.5 Å². The number of aromatic amines is 1. The Labute approximate surface area is 115 Å². The van der Waals surface area contributed by atoms with Crippen LogP contribution in [0.15, 0.2) is 12.0 Å². The monoisotopic (exact) mass is 302 g/mol. The van der Waals surface area contributed by atoms with Crippen molar-refractivity contribution in [2.75, 3.05) is 6.54 Å². The predicted molar refractivity (Wildman–Crippen MR) is 62.1 cm³/mol. The van der Waals surface area contributed by atoms with Crippen LogP contribution in [-0.4, -0.2) is 39.1 Å². The zero-order valence-electron chi connectivity index (χ0n) is 10.6. The van der Waals surface area contributed by atoms with E-state index in [1.807, 2.05) is 4.98 Å². The summed E-state index contributed by atoms with van der Waals surface area (Å²) >= 11 is 0. The van der Waals surface area contributed by atoms with Crippen molar-refractivity contribution in [2.24, 2.45) is 0 Å². The third kappa shape index (κ3) is 2.93. The van der Waals surface area contributed by atoms with Crippen molar-refractivity contribution in [1.29, 1.82) is 0 Å². The Bertz CT molecular complexity index is 647. The number of hydrogen-bond donors (Lipinski definition) is 2. The lowest BCUT2D eigenvalue weighted by Gasteiger charge is -2.25. The van der Waals surface area contributed by atoms with Crippen LogP contribution in [-0.2, 0) is 20.6 Å². The summed E-state index contributed by atoms with van der Waals surface area (Å²) < 4.78 is 38.0. The van der Waals surface area contributed by atoms with Crippen molar-refractivity contribution in [1.82, 2.24) is 20.2 Å². The molecule has 1 aromatic heterocycles. The molecular formula is C11H9F3N4O3. The van der Waals surface area contributed by atoms with E-state index in [0.29, 0.717) is 4.90 Å². The minimum atomic E-state index is -4.69. The molecular weight excluding hydrogens is 293 g/mol. The molecule has 1 aliphatic heterocycles. The second kappa shape index (κ2) is 5.04. The van der Waals surface area contributed by atoms with E-state index in [-0.39, 0.29) is 0 Å². The predicted octanol–water partition coefficient (Wildman–Crippen LogP) is 0.274. The van der Waals surface area contributed by atoms with E-state index in [2.05, 4.69) is 10.3 Å². The molecule has 2 rings (SSSR count). The molecule has 21 heavy (non-hydrogen) atoms. The Morgan fingerprint density at radius 3 is 2.67 bits per heavy atom. The summed E-state index contributed by atoms with van der Waals surface area (Å²) in [5.74, 6) is -2.25. The van der Waals surface area contributed by atoms with Gasteiger partial charge in [-0.05, 0) is 6.08 Å². The number of alkyl halides is 3. The first-order valence-corrected chi connectivity index (χ1v) is 5.64. The van der Waals surface area contributed by atoms with Gasteiger partial charge in [0.1, 0.15) is 17.9 Å². The number of aromatic nitrogens is 2. The van der Waals surface area contributed by atoms with Crippen LogP contribution in [0.1, 0.15) is 18.3 Å². The second-order valence-electron chi connectivity index (χ2n) is 4.18.